The number of amides is 1. The summed E-state index contributed by atoms with van der Waals surface area (Å²) >= 11 is 0. The van der Waals surface area contributed by atoms with E-state index in [1.807, 2.05) is 79.7 Å². The highest BCUT2D eigenvalue weighted by Crippen LogP contribution is 2.42. The molecule has 12 heteroatoms. The van der Waals surface area contributed by atoms with Crippen molar-refractivity contribution in [2.45, 2.75) is 64.5 Å². The highest BCUT2D eigenvalue weighted by molar-refractivity contribution is 6.02. The maximum atomic E-state index is 12.7. The number of anilines is 1. The Hall–Kier alpha value is -6.04. The minimum atomic E-state index is -0.353. The molecule has 0 spiro atoms. The smallest absolute Gasteiger partial charge is 0.255 e. The molecule has 5 aromatic rings. The number of aryl methyl sites for hydroxylation is 1. The molecule has 12 nitrogen and oxygen atoms in total. The molecule has 0 aliphatic carbocycles. The maximum absolute atomic E-state index is 12.7. The lowest BCUT2D eigenvalue weighted by molar-refractivity contribution is 0.0935. The molecule has 6 rings (SSSR count). The fourth-order valence-corrected chi connectivity index (χ4v) is 6.87. The van der Waals surface area contributed by atoms with E-state index in [0.717, 1.165) is 66.5 Å². The normalized spacial score (nSPS) is 13.2. The fraction of sp³-hybridized carbons (Fsp3) is 0.378. The van der Waals surface area contributed by atoms with E-state index in [4.69, 9.17) is 37.7 Å². The zero-order valence-electron chi connectivity index (χ0n) is 33.7. The summed E-state index contributed by atoms with van der Waals surface area (Å²) < 4.78 is 45.6. The number of nitrogens with zero attached hydrogens (tertiary/aromatic N) is 1. The second kappa shape index (κ2) is 19.7. The molecule has 2 heterocycles. The van der Waals surface area contributed by atoms with Gasteiger partial charge in [0.2, 0.25) is 5.75 Å². The van der Waals surface area contributed by atoms with E-state index in [2.05, 4.69) is 15.8 Å². The first-order valence-electron chi connectivity index (χ1n) is 19.4. The first kappa shape index (κ1) is 40.6. The standard InChI is InChI=1S/C45H53N3O9/c1-29-15-18-34-33(23-29)45(49)47-44(46-34)31-17-20-37(39(25-31)51-3)55-21-13-11-9-7-8-10-12-14-22-56-40-24-30(16-19-36(40)50-2)35-28-38(57-48-35)32-26-41(52-4)43(54-6)42(27-32)53-5/h15-20,23-28,44,46H,7-14,21-22H2,1-6H3,(H,47,49). The summed E-state index contributed by atoms with van der Waals surface area (Å²) in [5.41, 5.74) is 5.67. The van der Waals surface area contributed by atoms with Crippen LogP contribution in [0, 0.1) is 6.92 Å². The molecule has 1 aliphatic rings. The SMILES string of the molecule is COc1cc(C2NC(=O)c3cc(C)ccc3N2)ccc1OCCCCCCCCCCOc1cc(-c2cc(-c3cc(OC)c(OC)c(OC)c3)on2)ccc1OC. The highest BCUT2D eigenvalue weighted by Gasteiger charge is 2.25. The second-order valence-corrected chi connectivity index (χ2v) is 13.9. The number of hydrogen-bond acceptors (Lipinski definition) is 11. The van der Waals surface area contributed by atoms with Gasteiger partial charge in [0.1, 0.15) is 11.9 Å². The predicted octanol–water partition coefficient (Wildman–Crippen LogP) is 9.79. The summed E-state index contributed by atoms with van der Waals surface area (Å²) in [5, 5.41) is 10.8. The van der Waals surface area contributed by atoms with E-state index in [1.165, 1.54) is 12.8 Å². The molecule has 0 saturated heterocycles. The largest absolute Gasteiger partial charge is 0.493 e. The van der Waals surface area contributed by atoms with Crippen LogP contribution in [0.25, 0.3) is 22.6 Å². The Kier molecular flexibility index (Phi) is 14.0. The van der Waals surface area contributed by atoms with Gasteiger partial charge in [-0.1, -0.05) is 61.4 Å². The van der Waals surface area contributed by atoms with Gasteiger partial charge in [-0.2, -0.15) is 0 Å². The van der Waals surface area contributed by atoms with Crippen LogP contribution >= 0.6 is 0 Å². The molecule has 1 atom stereocenters. The maximum Gasteiger partial charge on any atom is 0.255 e. The first-order chi connectivity index (χ1) is 27.8. The van der Waals surface area contributed by atoms with Crippen LogP contribution in [-0.4, -0.2) is 59.8 Å². The van der Waals surface area contributed by atoms with E-state index >= 15 is 0 Å². The lowest BCUT2D eigenvalue weighted by Gasteiger charge is -2.28. The van der Waals surface area contributed by atoms with Crippen molar-refractivity contribution in [1.82, 2.24) is 10.5 Å². The number of unbranched alkanes of at least 4 members (excludes halogenated alkanes) is 7. The van der Waals surface area contributed by atoms with Gasteiger partial charge >= 0.3 is 0 Å². The van der Waals surface area contributed by atoms with Gasteiger partial charge in [0.15, 0.2) is 40.3 Å². The quantitative estimate of drug-likeness (QED) is 0.0690. The number of nitrogens with one attached hydrogen (secondary N) is 2. The van der Waals surface area contributed by atoms with Gasteiger partial charge in [0.05, 0.1) is 54.3 Å². The molecule has 1 aliphatic heterocycles. The van der Waals surface area contributed by atoms with Crippen molar-refractivity contribution in [3.63, 3.8) is 0 Å². The van der Waals surface area contributed by atoms with Gasteiger partial charge in [0, 0.05) is 22.9 Å². The number of carbonyl (C=O) groups excluding carboxylic acids is 1. The van der Waals surface area contributed by atoms with Crippen molar-refractivity contribution < 1.29 is 42.5 Å². The van der Waals surface area contributed by atoms with Crippen molar-refractivity contribution in [3.05, 3.63) is 89.5 Å². The summed E-state index contributed by atoms with van der Waals surface area (Å²) in [5.74, 6) is 4.71. The van der Waals surface area contributed by atoms with Gasteiger partial charge in [-0.15, -0.1) is 0 Å². The summed E-state index contributed by atoms with van der Waals surface area (Å²) in [4.78, 5) is 12.7. The van der Waals surface area contributed by atoms with E-state index in [-0.39, 0.29) is 12.1 Å². The van der Waals surface area contributed by atoms with Crippen molar-refractivity contribution >= 4 is 11.6 Å². The van der Waals surface area contributed by atoms with E-state index in [9.17, 15) is 4.79 Å². The van der Waals surface area contributed by atoms with Gasteiger partial charge in [0.25, 0.3) is 5.91 Å². The molecular weight excluding hydrogens is 727 g/mol. The fourth-order valence-electron chi connectivity index (χ4n) is 6.87. The van der Waals surface area contributed by atoms with E-state index < -0.39 is 0 Å². The van der Waals surface area contributed by atoms with Gasteiger partial charge < -0.3 is 48.3 Å². The van der Waals surface area contributed by atoms with Crippen molar-refractivity contribution in [2.75, 3.05) is 54.1 Å². The molecule has 0 bridgehead atoms. The zero-order chi connectivity index (χ0) is 40.1. The van der Waals surface area contributed by atoms with Crippen LogP contribution in [0.1, 0.15) is 79.0 Å². The number of carbonyl (C=O) groups is 1. The number of benzene rings is 4. The lowest BCUT2D eigenvalue weighted by Crippen LogP contribution is -2.38. The molecule has 1 amide bonds. The highest BCUT2D eigenvalue weighted by atomic mass is 16.5. The summed E-state index contributed by atoms with van der Waals surface area (Å²) in [6, 6.07) is 22.9. The van der Waals surface area contributed by atoms with Crippen LogP contribution in [0.4, 0.5) is 5.69 Å². The van der Waals surface area contributed by atoms with Gasteiger partial charge in [-0.25, -0.2) is 0 Å². The molecular formula is C45H53N3O9. The van der Waals surface area contributed by atoms with Crippen LogP contribution in [0.5, 0.6) is 40.2 Å². The Bertz CT molecular complexity index is 2090. The Morgan fingerprint density at radius 1 is 0.579 bits per heavy atom. The van der Waals surface area contributed by atoms with E-state index in [0.29, 0.717) is 70.5 Å². The lowest BCUT2D eigenvalue weighted by atomic mass is 10.0. The predicted molar refractivity (Wildman–Crippen MR) is 220 cm³/mol. The van der Waals surface area contributed by atoms with Gasteiger partial charge in [-0.3, -0.25) is 4.79 Å². The number of ether oxygens (including phenoxy) is 7. The number of rotatable bonds is 21. The average molecular weight is 780 g/mol. The molecule has 302 valence electrons. The Labute approximate surface area is 334 Å². The molecule has 1 aromatic heterocycles. The van der Waals surface area contributed by atoms with Gasteiger partial charge in [-0.05, 0) is 79.9 Å². The first-order valence-corrected chi connectivity index (χ1v) is 19.4. The third-order valence-electron chi connectivity index (χ3n) is 9.99. The van der Waals surface area contributed by atoms with Crippen LogP contribution in [0.3, 0.4) is 0 Å². The Morgan fingerprint density at radius 2 is 1.19 bits per heavy atom. The van der Waals surface area contributed by atoms with E-state index in [1.54, 1.807) is 35.5 Å². The minimum absolute atomic E-state index is 0.0970. The number of fused-ring (bicyclic) bond motifs is 1. The molecule has 0 saturated carbocycles. The third kappa shape index (κ3) is 10.0. The Balaban J connectivity index is 0.879. The number of methoxy groups -OCH3 is 5. The second-order valence-electron chi connectivity index (χ2n) is 13.9. The van der Waals surface area contributed by atoms with Crippen LogP contribution in [0.2, 0.25) is 0 Å². The average Bonchev–Trinajstić information content (AvgIpc) is 3.74. The zero-order valence-corrected chi connectivity index (χ0v) is 33.7. The molecule has 4 aromatic carbocycles. The number of aromatic nitrogens is 1. The monoisotopic (exact) mass is 779 g/mol. The minimum Gasteiger partial charge on any atom is -0.493 e. The van der Waals surface area contributed by atoms with Crippen LogP contribution < -0.4 is 43.8 Å². The molecule has 1 unspecified atom stereocenters. The van der Waals surface area contributed by atoms with Crippen LogP contribution in [0.15, 0.2) is 77.3 Å². The molecule has 0 fully saturated rings. The van der Waals surface area contributed by atoms with Crippen molar-refractivity contribution in [2.24, 2.45) is 0 Å². The van der Waals surface area contributed by atoms with Crippen molar-refractivity contribution in [1.29, 1.82) is 0 Å². The molecule has 2 N–H and O–H groups in total. The summed E-state index contributed by atoms with van der Waals surface area (Å²) in [6.07, 6.45) is 8.46. The molecule has 0 radical (unpaired) electrons. The van der Waals surface area contributed by atoms with Crippen LogP contribution in [-0.2, 0) is 0 Å². The number of hydrogen-bond donors (Lipinski definition) is 2. The summed E-state index contributed by atoms with van der Waals surface area (Å²) in [7, 11) is 7.99. The third-order valence-corrected chi connectivity index (χ3v) is 9.99. The molecule has 57 heavy (non-hydrogen) atoms. The van der Waals surface area contributed by atoms with Crippen molar-refractivity contribution in [3.8, 4) is 62.8 Å². The summed E-state index contributed by atoms with van der Waals surface area (Å²) in [6.45, 7) is 3.19. The topological polar surface area (TPSA) is 132 Å². The Morgan fingerprint density at radius 3 is 1.84 bits per heavy atom.